The van der Waals surface area contributed by atoms with Crippen LogP contribution in [-0.4, -0.2) is 18.8 Å². The van der Waals surface area contributed by atoms with Gasteiger partial charge in [-0.2, -0.15) is 0 Å². The number of methoxy groups -OCH3 is 1. The Morgan fingerprint density at radius 1 is 0.952 bits per heavy atom. The fraction of sp³-hybridized carbons (Fsp3) is 0.333. The van der Waals surface area contributed by atoms with Gasteiger partial charge in [0, 0.05) is 0 Å². The molecule has 3 heteroatoms. The minimum atomic E-state index is -0.647. The first-order valence-electron chi connectivity index (χ1n) is 7.26. The predicted octanol–water partition coefficient (Wildman–Crippen LogP) is 3.76. The first-order valence-corrected chi connectivity index (χ1v) is 7.26. The van der Waals surface area contributed by atoms with E-state index in [1.54, 1.807) is 7.11 Å². The highest BCUT2D eigenvalue weighted by molar-refractivity contribution is 5.29. The molecule has 2 rings (SSSR count). The average Bonchev–Trinajstić information content (AvgIpc) is 2.54. The summed E-state index contributed by atoms with van der Waals surface area (Å²) in [6.45, 7) is 2.40. The highest BCUT2D eigenvalue weighted by Gasteiger charge is 2.08. The molecule has 0 bridgehead atoms. The summed E-state index contributed by atoms with van der Waals surface area (Å²) in [4.78, 5) is 0. The van der Waals surface area contributed by atoms with Gasteiger partial charge in [0.1, 0.15) is 24.2 Å². The number of benzene rings is 2. The quantitative estimate of drug-likeness (QED) is 0.842. The van der Waals surface area contributed by atoms with Crippen molar-refractivity contribution >= 4 is 0 Å². The number of ether oxygens (including phenoxy) is 2. The molecule has 0 aromatic heterocycles. The standard InChI is InChI=1S/C18H22O3/c1-3-4-14-5-9-17(10-6-14)21-13-18(19)15-7-11-16(20-2)12-8-15/h5-12,18-19H,3-4,13H2,1-2H3. The summed E-state index contributed by atoms with van der Waals surface area (Å²) in [7, 11) is 1.62. The smallest absolute Gasteiger partial charge is 0.119 e. The van der Waals surface area contributed by atoms with Crippen LogP contribution in [0.4, 0.5) is 0 Å². The van der Waals surface area contributed by atoms with Gasteiger partial charge in [-0.1, -0.05) is 37.6 Å². The lowest BCUT2D eigenvalue weighted by Gasteiger charge is -2.13. The van der Waals surface area contributed by atoms with Crippen LogP contribution in [0.1, 0.15) is 30.6 Å². The number of aliphatic hydroxyl groups is 1. The number of aliphatic hydroxyl groups excluding tert-OH is 1. The second-order valence-corrected chi connectivity index (χ2v) is 4.99. The molecule has 21 heavy (non-hydrogen) atoms. The molecule has 112 valence electrons. The molecule has 1 N–H and O–H groups in total. The SMILES string of the molecule is CCCc1ccc(OCC(O)c2ccc(OC)cc2)cc1. The number of hydrogen-bond acceptors (Lipinski definition) is 3. The van der Waals surface area contributed by atoms with Crippen LogP contribution in [-0.2, 0) is 6.42 Å². The molecule has 0 aliphatic heterocycles. The van der Waals surface area contributed by atoms with Crippen molar-refractivity contribution in [1.29, 1.82) is 0 Å². The van der Waals surface area contributed by atoms with E-state index >= 15 is 0 Å². The van der Waals surface area contributed by atoms with Crippen LogP contribution in [0.25, 0.3) is 0 Å². The molecule has 2 aromatic carbocycles. The van der Waals surface area contributed by atoms with E-state index in [0.29, 0.717) is 0 Å². The normalized spacial score (nSPS) is 12.0. The van der Waals surface area contributed by atoms with Crippen LogP contribution in [0.15, 0.2) is 48.5 Å². The van der Waals surface area contributed by atoms with E-state index in [2.05, 4.69) is 19.1 Å². The molecule has 1 atom stereocenters. The van der Waals surface area contributed by atoms with Gasteiger partial charge in [0.2, 0.25) is 0 Å². The summed E-state index contributed by atoms with van der Waals surface area (Å²) < 4.78 is 10.7. The Morgan fingerprint density at radius 2 is 1.57 bits per heavy atom. The van der Waals surface area contributed by atoms with Gasteiger partial charge in [0.05, 0.1) is 7.11 Å². The molecule has 0 aliphatic rings. The fourth-order valence-corrected chi connectivity index (χ4v) is 2.14. The van der Waals surface area contributed by atoms with Gasteiger partial charge in [0.15, 0.2) is 0 Å². The molecular weight excluding hydrogens is 264 g/mol. The third-order valence-electron chi connectivity index (χ3n) is 3.37. The Bertz CT molecular complexity index is 531. The molecule has 0 saturated carbocycles. The maximum Gasteiger partial charge on any atom is 0.119 e. The van der Waals surface area contributed by atoms with E-state index in [-0.39, 0.29) is 6.61 Å². The number of aryl methyl sites for hydroxylation is 1. The lowest BCUT2D eigenvalue weighted by atomic mass is 10.1. The van der Waals surface area contributed by atoms with Gasteiger partial charge in [-0.25, -0.2) is 0 Å². The summed E-state index contributed by atoms with van der Waals surface area (Å²) in [5, 5.41) is 10.1. The van der Waals surface area contributed by atoms with Gasteiger partial charge in [-0.15, -0.1) is 0 Å². The van der Waals surface area contributed by atoms with E-state index in [0.717, 1.165) is 29.9 Å². The molecule has 0 spiro atoms. The molecular formula is C18H22O3. The maximum atomic E-state index is 10.1. The van der Waals surface area contributed by atoms with Gasteiger partial charge in [0.25, 0.3) is 0 Å². The predicted molar refractivity (Wildman–Crippen MR) is 83.9 cm³/mol. The van der Waals surface area contributed by atoms with Crippen molar-refractivity contribution in [1.82, 2.24) is 0 Å². The molecule has 0 saturated heterocycles. The van der Waals surface area contributed by atoms with E-state index in [9.17, 15) is 5.11 Å². The third kappa shape index (κ3) is 4.50. The summed E-state index contributed by atoms with van der Waals surface area (Å²) in [5.74, 6) is 1.56. The zero-order chi connectivity index (χ0) is 15.1. The third-order valence-corrected chi connectivity index (χ3v) is 3.37. The Labute approximate surface area is 126 Å². The molecule has 1 unspecified atom stereocenters. The highest BCUT2D eigenvalue weighted by Crippen LogP contribution is 2.20. The van der Waals surface area contributed by atoms with Gasteiger partial charge in [-0.05, 0) is 41.8 Å². The summed E-state index contributed by atoms with van der Waals surface area (Å²) in [6, 6.07) is 15.4. The molecule has 2 aromatic rings. The molecule has 3 nitrogen and oxygen atoms in total. The Hall–Kier alpha value is -2.00. The highest BCUT2D eigenvalue weighted by atomic mass is 16.5. The summed E-state index contributed by atoms with van der Waals surface area (Å²) >= 11 is 0. The van der Waals surface area contributed by atoms with Crippen molar-refractivity contribution in [2.45, 2.75) is 25.9 Å². The zero-order valence-corrected chi connectivity index (χ0v) is 12.6. The largest absolute Gasteiger partial charge is 0.497 e. The average molecular weight is 286 g/mol. The van der Waals surface area contributed by atoms with Crippen molar-refractivity contribution in [3.05, 3.63) is 59.7 Å². The van der Waals surface area contributed by atoms with Crippen molar-refractivity contribution < 1.29 is 14.6 Å². The van der Waals surface area contributed by atoms with Gasteiger partial charge < -0.3 is 14.6 Å². The van der Waals surface area contributed by atoms with Crippen LogP contribution >= 0.6 is 0 Å². The molecule has 0 amide bonds. The first kappa shape index (κ1) is 15.4. The van der Waals surface area contributed by atoms with Crippen LogP contribution in [0.2, 0.25) is 0 Å². The lowest BCUT2D eigenvalue weighted by molar-refractivity contribution is 0.108. The van der Waals surface area contributed by atoms with Crippen LogP contribution in [0.5, 0.6) is 11.5 Å². The fourth-order valence-electron chi connectivity index (χ4n) is 2.14. The topological polar surface area (TPSA) is 38.7 Å². The van der Waals surface area contributed by atoms with Crippen LogP contribution < -0.4 is 9.47 Å². The number of rotatable bonds is 7. The second-order valence-electron chi connectivity index (χ2n) is 4.99. The minimum Gasteiger partial charge on any atom is -0.497 e. The molecule has 0 heterocycles. The summed E-state index contributed by atoms with van der Waals surface area (Å²) in [5.41, 5.74) is 2.12. The molecule has 0 fully saturated rings. The van der Waals surface area contributed by atoms with Crippen LogP contribution in [0.3, 0.4) is 0 Å². The lowest BCUT2D eigenvalue weighted by Crippen LogP contribution is -2.09. The summed E-state index contributed by atoms with van der Waals surface area (Å²) in [6.07, 6.45) is 1.57. The van der Waals surface area contributed by atoms with Crippen molar-refractivity contribution in [3.63, 3.8) is 0 Å². The van der Waals surface area contributed by atoms with E-state index in [4.69, 9.17) is 9.47 Å². The minimum absolute atomic E-state index is 0.236. The van der Waals surface area contributed by atoms with E-state index < -0.39 is 6.10 Å². The second kappa shape index (κ2) is 7.70. The van der Waals surface area contributed by atoms with E-state index in [1.165, 1.54) is 5.56 Å². The Balaban J connectivity index is 1.88. The van der Waals surface area contributed by atoms with Crippen molar-refractivity contribution in [2.75, 3.05) is 13.7 Å². The van der Waals surface area contributed by atoms with E-state index in [1.807, 2.05) is 36.4 Å². The molecule has 0 aliphatic carbocycles. The van der Waals surface area contributed by atoms with Gasteiger partial charge >= 0.3 is 0 Å². The Morgan fingerprint density at radius 3 is 2.14 bits per heavy atom. The maximum absolute atomic E-state index is 10.1. The number of hydrogen-bond donors (Lipinski definition) is 1. The van der Waals surface area contributed by atoms with Gasteiger partial charge in [-0.3, -0.25) is 0 Å². The Kier molecular flexibility index (Phi) is 5.64. The monoisotopic (exact) mass is 286 g/mol. The molecule has 0 radical (unpaired) electrons. The first-order chi connectivity index (χ1) is 10.2. The zero-order valence-electron chi connectivity index (χ0n) is 12.6. The van der Waals surface area contributed by atoms with Crippen LogP contribution in [0, 0.1) is 0 Å². The van der Waals surface area contributed by atoms with Crippen molar-refractivity contribution in [3.8, 4) is 11.5 Å². The van der Waals surface area contributed by atoms with Crippen molar-refractivity contribution in [2.24, 2.45) is 0 Å².